The van der Waals surface area contributed by atoms with Gasteiger partial charge in [0.2, 0.25) is 0 Å². The summed E-state index contributed by atoms with van der Waals surface area (Å²) in [4.78, 5) is 15.8. The number of carbonyl (C=O) groups is 1. The number of hydrogen-bond acceptors (Lipinski definition) is 2. The minimum atomic E-state index is -0.0878. The molecule has 0 aliphatic heterocycles. The Labute approximate surface area is 146 Å². The van der Waals surface area contributed by atoms with Gasteiger partial charge in [0.1, 0.15) is 0 Å². The summed E-state index contributed by atoms with van der Waals surface area (Å²) in [6, 6.07) is 15.9. The average Bonchev–Trinajstić information content (AvgIpc) is 3.19. The van der Waals surface area contributed by atoms with E-state index in [1.807, 2.05) is 77.5 Å². The lowest BCUT2D eigenvalue weighted by Gasteiger charge is -2.23. The number of nitrogens with zero attached hydrogens (tertiary/aromatic N) is 2. The van der Waals surface area contributed by atoms with E-state index in [1.165, 1.54) is 4.88 Å². The van der Waals surface area contributed by atoms with Crippen LogP contribution < -0.4 is 5.32 Å². The second kappa shape index (κ2) is 7.36. The van der Waals surface area contributed by atoms with E-state index in [4.69, 9.17) is 0 Å². The Kier molecular flexibility index (Phi) is 5.01. The van der Waals surface area contributed by atoms with Crippen molar-refractivity contribution in [3.63, 3.8) is 0 Å². The van der Waals surface area contributed by atoms with E-state index in [-0.39, 0.29) is 6.03 Å². The lowest BCUT2D eigenvalue weighted by Crippen LogP contribution is -2.34. The van der Waals surface area contributed by atoms with Crippen LogP contribution in [0, 0.1) is 6.92 Å². The van der Waals surface area contributed by atoms with E-state index in [1.54, 1.807) is 11.3 Å². The van der Waals surface area contributed by atoms with Gasteiger partial charge < -0.3 is 14.8 Å². The molecule has 0 saturated carbocycles. The first-order chi connectivity index (χ1) is 11.6. The maximum absolute atomic E-state index is 12.8. The second-order valence-electron chi connectivity index (χ2n) is 5.85. The molecule has 0 radical (unpaired) electrons. The fourth-order valence-corrected chi connectivity index (χ4v) is 3.29. The van der Waals surface area contributed by atoms with Gasteiger partial charge in [-0.1, -0.05) is 18.2 Å². The number of anilines is 1. The van der Waals surface area contributed by atoms with Gasteiger partial charge in [-0.3, -0.25) is 0 Å². The zero-order valence-electron chi connectivity index (χ0n) is 13.9. The number of urea groups is 1. The van der Waals surface area contributed by atoms with Crippen LogP contribution in [0.1, 0.15) is 16.1 Å². The first kappa shape index (κ1) is 16.3. The SMILES string of the molecule is Cc1cccc(NC(=O)N(Cc2cccs2)Cc2cccn2C)c1. The summed E-state index contributed by atoms with van der Waals surface area (Å²) in [6.45, 7) is 3.18. The molecule has 0 fully saturated rings. The molecule has 2 heterocycles. The van der Waals surface area contributed by atoms with Crippen molar-refractivity contribution in [1.29, 1.82) is 0 Å². The van der Waals surface area contributed by atoms with Crippen LogP contribution in [0.5, 0.6) is 0 Å². The molecular formula is C19H21N3OS. The van der Waals surface area contributed by atoms with Gasteiger partial charge in [-0.2, -0.15) is 0 Å². The molecule has 2 aromatic heterocycles. The van der Waals surface area contributed by atoms with Crippen molar-refractivity contribution in [1.82, 2.24) is 9.47 Å². The third kappa shape index (κ3) is 4.06. The summed E-state index contributed by atoms with van der Waals surface area (Å²) in [7, 11) is 2.00. The number of carbonyl (C=O) groups excluding carboxylic acids is 1. The molecule has 0 bridgehead atoms. The van der Waals surface area contributed by atoms with Crippen molar-refractivity contribution in [2.24, 2.45) is 7.05 Å². The lowest BCUT2D eigenvalue weighted by molar-refractivity contribution is 0.205. The molecule has 1 aromatic carbocycles. The Balaban J connectivity index is 1.77. The number of hydrogen-bond donors (Lipinski definition) is 1. The molecule has 0 atom stereocenters. The van der Waals surface area contributed by atoms with Gasteiger partial charge in [0.15, 0.2) is 0 Å². The van der Waals surface area contributed by atoms with Gasteiger partial charge in [0.25, 0.3) is 0 Å². The molecule has 24 heavy (non-hydrogen) atoms. The van der Waals surface area contributed by atoms with Crippen LogP contribution in [0.3, 0.4) is 0 Å². The Morgan fingerprint density at radius 1 is 1.17 bits per heavy atom. The van der Waals surface area contributed by atoms with E-state index in [2.05, 4.69) is 11.4 Å². The molecule has 0 saturated heterocycles. The minimum absolute atomic E-state index is 0.0878. The molecule has 0 aliphatic rings. The number of aromatic nitrogens is 1. The fraction of sp³-hybridized carbons (Fsp3) is 0.211. The largest absolute Gasteiger partial charge is 0.353 e. The third-order valence-corrected chi connectivity index (χ3v) is 4.75. The smallest absolute Gasteiger partial charge is 0.322 e. The van der Waals surface area contributed by atoms with E-state index in [0.29, 0.717) is 13.1 Å². The van der Waals surface area contributed by atoms with Crippen LogP contribution in [0.15, 0.2) is 60.1 Å². The number of amides is 2. The van der Waals surface area contributed by atoms with Crippen LogP contribution in [0.4, 0.5) is 10.5 Å². The minimum Gasteiger partial charge on any atom is -0.353 e. The predicted molar refractivity (Wildman–Crippen MR) is 99.2 cm³/mol. The number of aryl methyl sites for hydroxylation is 2. The van der Waals surface area contributed by atoms with Crippen molar-refractivity contribution in [2.45, 2.75) is 20.0 Å². The first-order valence-electron chi connectivity index (χ1n) is 7.87. The zero-order chi connectivity index (χ0) is 16.9. The Hall–Kier alpha value is -2.53. The molecule has 5 heteroatoms. The van der Waals surface area contributed by atoms with Crippen molar-refractivity contribution < 1.29 is 4.79 Å². The average molecular weight is 339 g/mol. The fourth-order valence-electron chi connectivity index (χ4n) is 2.57. The van der Waals surface area contributed by atoms with Crippen molar-refractivity contribution >= 4 is 23.1 Å². The summed E-state index contributed by atoms with van der Waals surface area (Å²) in [6.07, 6.45) is 2.00. The second-order valence-corrected chi connectivity index (χ2v) is 6.88. The molecule has 4 nitrogen and oxygen atoms in total. The third-order valence-electron chi connectivity index (χ3n) is 3.89. The van der Waals surface area contributed by atoms with E-state index in [0.717, 1.165) is 16.9 Å². The highest BCUT2D eigenvalue weighted by atomic mass is 32.1. The van der Waals surface area contributed by atoms with E-state index < -0.39 is 0 Å². The van der Waals surface area contributed by atoms with Crippen LogP contribution in [-0.4, -0.2) is 15.5 Å². The molecular weight excluding hydrogens is 318 g/mol. The molecule has 0 aliphatic carbocycles. The van der Waals surface area contributed by atoms with Crippen LogP contribution in [0.2, 0.25) is 0 Å². The summed E-state index contributed by atoms with van der Waals surface area (Å²) in [5.41, 5.74) is 3.05. The molecule has 124 valence electrons. The standard InChI is InChI=1S/C19H21N3OS/c1-15-6-3-7-16(12-15)20-19(23)22(14-18-9-5-11-24-18)13-17-8-4-10-21(17)2/h3-12H,13-14H2,1-2H3,(H,20,23). The van der Waals surface area contributed by atoms with Crippen LogP contribution in [-0.2, 0) is 20.1 Å². The van der Waals surface area contributed by atoms with E-state index in [9.17, 15) is 4.79 Å². The number of nitrogens with one attached hydrogen (secondary N) is 1. The molecule has 2 amide bonds. The maximum Gasteiger partial charge on any atom is 0.322 e. The number of thiophene rings is 1. The van der Waals surface area contributed by atoms with Gasteiger partial charge in [-0.15, -0.1) is 11.3 Å². The molecule has 0 spiro atoms. The van der Waals surface area contributed by atoms with Crippen molar-refractivity contribution in [3.8, 4) is 0 Å². The lowest BCUT2D eigenvalue weighted by atomic mass is 10.2. The van der Waals surface area contributed by atoms with Gasteiger partial charge in [-0.05, 0) is 48.2 Å². The Morgan fingerprint density at radius 3 is 2.71 bits per heavy atom. The summed E-state index contributed by atoms with van der Waals surface area (Å²) in [5.74, 6) is 0. The van der Waals surface area contributed by atoms with Gasteiger partial charge in [0.05, 0.1) is 13.1 Å². The maximum atomic E-state index is 12.8. The van der Waals surface area contributed by atoms with Gasteiger partial charge in [0, 0.05) is 29.5 Å². The Bertz CT molecular complexity index is 808. The van der Waals surface area contributed by atoms with Crippen LogP contribution in [0.25, 0.3) is 0 Å². The summed E-state index contributed by atoms with van der Waals surface area (Å²) in [5, 5.41) is 5.05. The molecule has 3 rings (SSSR count). The summed E-state index contributed by atoms with van der Waals surface area (Å²) >= 11 is 1.67. The highest BCUT2D eigenvalue weighted by Gasteiger charge is 2.16. The molecule has 1 N–H and O–H groups in total. The summed E-state index contributed by atoms with van der Waals surface area (Å²) < 4.78 is 2.04. The van der Waals surface area contributed by atoms with Gasteiger partial charge in [-0.25, -0.2) is 4.79 Å². The number of benzene rings is 1. The van der Waals surface area contributed by atoms with Crippen molar-refractivity contribution in [2.75, 3.05) is 5.32 Å². The van der Waals surface area contributed by atoms with Gasteiger partial charge >= 0.3 is 6.03 Å². The topological polar surface area (TPSA) is 37.3 Å². The first-order valence-corrected chi connectivity index (χ1v) is 8.75. The monoisotopic (exact) mass is 339 g/mol. The quantitative estimate of drug-likeness (QED) is 0.723. The molecule has 0 unspecified atom stereocenters. The van der Waals surface area contributed by atoms with Crippen LogP contribution >= 0.6 is 11.3 Å². The predicted octanol–water partition coefficient (Wildman–Crippen LogP) is 4.63. The number of rotatable bonds is 5. The highest BCUT2D eigenvalue weighted by Crippen LogP contribution is 2.17. The van der Waals surface area contributed by atoms with E-state index >= 15 is 0 Å². The highest BCUT2D eigenvalue weighted by molar-refractivity contribution is 7.09. The molecule has 3 aromatic rings. The zero-order valence-corrected chi connectivity index (χ0v) is 14.7. The van der Waals surface area contributed by atoms with Crippen molar-refractivity contribution in [3.05, 3.63) is 76.2 Å². The normalized spacial score (nSPS) is 10.6. The Morgan fingerprint density at radius 2 is 2.04 bits per heavy atom.